The van der Waals surface area contributed by atoms with Gasteiger partial charge in [0.05, 0.1) is 12.0 Å². The molecular weight excluding hydrogens is 266 g/mol. The van der Waals surface area contributed by atoms with Crippen LogP contribution in [0.5, 0.6) is 0 Å². The smallest absolute Gasteiger partial charge is 0.271 e. The number of benzene rings is 1. The van der Waals surface area contributed by atoms with Crippen LogP contribution in [0.1, 0.15) is 0 Å². The van der Waals surface area contributed by atoms with Gasteiger partial charge in [-0.2, -0.15) is 8.42 Å². The van der Waals surface area contributed by atoms with E-state index in [-0.39, 0.29) is 5.88 Å². The molecule has 1 atom stereocenters. The molecule has 0 aliphatic rings. The molecule has 0 radical (unpaired) electrons. The molecule has 0 amide bonds. The highest BCUT2D eigenvalue weighted by Gasteiger charge is 1.99. The zero-order valence-corrected chi connectivity index (χ0v) is 10.7. The molecule has 8 heteroatoms. The van der Waals surface area contributed by atoms with Crippen molar-refractivity contribution in [2.24, 2.45) is 10.3 Å². The van der Waals surface area contributed by atoms with Crippen LogP contribution < -0.4 is 15.6 Å². The van der Waals surface area contributed by atoms with Gasteiger partial charge >= 0.3 is 0 Å². The van der Waals surface area contributed by atoms with Crippen molar-refractivity contribution in [3.63, 3.8) is 0 Å². The van der Waals surface area contributed by atoms with Crippen LogP contribution in [0.3, 0.4) is 0 Å². The van der Waals surface area contributed by atoms with Gasteiger partial charge in [0.15, 0.2) is 0 Å². The number of hydrogen-bond donors (Lipinski definition) is 4. The molecule has 0 fully saturated rings. The van der Waals surface area contributed by atoms with Crippen molar-refractivity contribution >= 4 is 27.5 Å². The van der Waals surface area contributed by atoms with E-state index < -0.39 is 16.3 Å². The monoisotopic (exact) mass is 281 g/mol. The summed E-state index contributed by atoms with van der Waals surface area (Å²) in [6, 6.07) is 9.72. The summed E-state index contributed by atoms with van der Waals surface area (Å²) < 4.78 is 18.4. The molecule has 0 heterocycles. The van der Waals surface area contributed by atoms with Crippen molar-refractivity contribution in [3.8, 4) is 0 Å². The zero-order chi connectivity index (χ0) is 13.3. The highest BCUT2D eigenvalue weighted by Crippen LogP contribution is 2.04. The first-order chi connectivity index (χ1) is 7.83. The lowest BCUT2D eigenvalue weighted by molar-refractivity contribution is 0.211. The van der Waals surface area contributed by atoms with Gasteiger partial charge in [-0.05, 0) is 12.1 Å². The van der Waals surface area contributed by atoms with Gasteiger partial charge in [-0.15, -0.1) is 11.6 Å². The van der Waals surface area contributed by atoms with Crippen molar-refractivity contribution in [2.45, 2.75) is 6.10 Å². The second-order valence-electron chi connectivity index (χ2n) is 3.14. The second-order valence-corrected chi connectivity index (χ2v) is 4.63. The van der Waals surface area contributed by atoms with Crippen molar-refractivity contribution < 1.29 is 13.5 Å². The molecule has 0 saturated heterocycles. The van der Waals surface area contributed by atoms with Crippen LogP contribution in [-0.4, -0.2) is 32.1 Å². The first kappa shape index (κ1) is 16.1. The molecule has 0 saturated carbocycles. The molecule has 1 unspecified atom stereocenters. The molecule has 1 rings (SSSR count). The van der Waals surface area contributed by atoms with Gasteiger partial charge in [0.25, 0.3) is 10.2 Å². The topological polar surface area (TPSA) is 118 Å². The Morgan fingerprint density at radius 2 is 1.76 bits per heavy atom. The average Bonchev–Trinajstić information content (AvgIpc) is 2.25. The van der Waals surface area contributed by atoms with E-state index in [0.29, 0.717) is 6.54 Å². The zero-order valence-electron chi connectivity index (χ0n) is 9.08. The summed E-state index contributed by atoms with van der Waals surface area (Å²) in [5.41, 5.74) is 1.00. The van der Waals surface area contributed by atoms with Crippen LogP contribution >= 0.6 is 11.6 Å². The Balaban J connectivity index is 0.000000437. The third kappa shape index (κ3) is 13.1. The fourth-order valence-corrected chi connectivity index (χ4v) is 0.955. The maximum absolute atomic E-state index is 9.19. The Bertz CT molecular complexity index is 391. The number of hydrogen-bond acceptors (Lipinski definition) is 4. The first-order valence-electron chi connectivity index (χ1n) is 4.66. The molecule has 0 aliphatic heterocycles. The SMILES string of the molecule is NS(N)(=O)=O.OC(CCl)CNc1ccccc1. The highest BCUT2D eigenvalue weighted by atomic mass is 35.5. The van der Waals surface area contributed by atoms with Gasteiger partial charge in [0.1, 0.15) is 0 Å². The van der Waals surface area contributed by atoms with E-state index in [0.717, 1.165) is 5.69 Å². The van der Waals surface area contributed by atoms with Crippen LogP contribution in [-0.2, 0) is 10.2 Å². The average molecular weight is 282 g/mol. The molecule has 17 heavy (non-hydrogen) atoms. The fourth-order valence-electron chi connectivity index (χ4n) is 0.846. The van der Waals surface area contributed by atoms with Gasteiger partial charge in [-0.3, -0.25) is 0 Å². The molecule has 0 aromatic heterocycles. The van der Waals surface area contributed by atoms with Crippen molar-refractivity contribution in [2.75, 3.05) is 17.7 Å². The number of nitrogens with two attached hydrogens (primary N) is 2. The van der Waals surface area contributed by atoms with Crippen molar-refractivity contribution in [1.29, 1.82) is 0 Å². The normalized spacial score (nSPS) is 12.2. The Morgan fingerprint density at radius 3 is 2.18 bits per heavy atom. The van der Waals surface area contributed by atoms with E-state index >= 15 is 0 Å². The summed E-state index contributed by atoms with van der Waals surface area (Å²) in [6.45, 7) is 0.494. The maximum Gasteiger partial charge on any atom is 0.271 e. The van der Waals surface area contributed by atoms with Gasteiger partial charge < -0.3 is 10.4 Å². The van der Waals surface area contributed by atoms with Crippen molar-refractivity contribution in [1.82, 2.24) is 0 Å². The molecule has 0 spiro atoms. The van der Waals surface area contributed by atoms with E-state index in [4.69, 9.17) is 16.7 Å². The van der Waals surface area contributed by atoms with Gasteiger partial charge in [-0.1, -0.05) is 18.2 Å². The number of aliphatic hydroxyl groups is 1. The first-order valence-corrected chi connectivity index (χ1v) is 6.80. The standard InChI is InChI=1S/C9H12ClNO.H4N2O2S/c10-6-9(12)7-11-8-4-2-1-3-5-8;1-5(2,3)4/h1-5,9,11-12H,6-7H2;(H4,1,2,3,4). The molecule has 0 bridgehead atoms. The van der Waals surface area contributed by atoms with Crippen LogP contribution in [0.2, 0.25) is 0 Å². The summed E-state index contributed by atoms with van der Waals surface area (Å²) in [5.74, 6) is 0.264. The maximum atomic E-state index is 9.19. The minimum atomic E-state index is -3.67. The summed E-state index contributed by atoms with van der Waals surface area (Å²) in [7, 11) is -3.67. The number of alkyl halides is 1. The van der Waals surface area contributed by atoms with Crippen molar-refractivity contribution in [3.05, 3.63) is 30.3 Å². The predicted molar refractivity (Wildman–Crippen MR) is 69.0 cm³/mol. The van der Waals surface area contributed by atoms with E-state index in [2.05, 4.69) is 15.6 Å². The summed E-state index contributed by atoms with van der Waals surface area (Å²) in [5, 5.41) is 20.4. The van der Waals surface area contributed by atoms with E-state index in [9.17, 15) is 8.42 Å². The molecule has 98 valence electrons. The minimum Gasteiger partial charge on any atom is -0.390 e. The predicted octanol–water partition coefficient (Wildman–Crippen LogP) is -0.153. The third-order valence-corrected chi connectivity index (χ3v) is 1.85. The number of nitrogens with one attached hydrogen (secondary N) is 1. The quantitative estimate of drug-likeness (QED) is 0.574. The number of para-hydroxylation sites is 1. The van der Waals surface area contributed by atoms with Gasteiger partial charge in [0, 0.05) is 12.2 Å². The minimum absolute atomic E-state index is 0.264. The molecule has 0 aliphatic carbocycles. The Kier molecular flexibility index (Phi) is 7.85. The Labute approximate surface area is 106 Å². The summed E-state index contributed by atoms with van der Waals surface area (Å²) in [6.07, 6.45) is -0.480. The molecular formula is C9H16ClN3O3S. The number of aliphatic hydroxyl groups excluding tert-OH is 1. The van der Waals surface area contributed by atoms with E-state index in [1.807, 2.05) is 30.3 Å². The highest BCUT2D eigenvalue weighted by molar-refractivity contribution is 7.86. The summed E-state index contributed by atoms with van der Waals surface area (Å²) >= 11 is 5.43. The lowest BCUT2D eigenvalue weighted by atomic mass is 10.3. The lowest BCUT2D eigenvalue weighted by Gasteiger charge is -2.09. The Morgan fingerprint density at radius 1 is 1.29 bits per heavy atom. The van der Waals surface area contributed by atoms with Gasteiger partial charge in [-0.25, -0.2) is 10.3 Å². The molecule has 6 N–H and O–H groups in total. The second kappa shape index (κ2) is 8.26. The van der Waals surface area contributed by atoms with Crippen LogP contribution in [0, 0.1) is 0 Å². The molecule has 1 aromatic carbocycles. The number of anilines is 1. The number of rotatable bonds is 4. The van der Waals surface area contributed by atoms with Gasteiger partial charge in [0.2, 0.25) is 0 Å². The number of halogens is 1. The van der Waals surface area contributed by atoms with E-state index in [1.165, 1.54) is 0 Å². The molecule has 6 nitrogen and oxygen atoms in total. The largest absolute Gasteiger partial charge is 0.390 e. The third-order valence-electron chi connectivity index (χ3n) is 1.49. The van der Waals surface area contributed by atoms with Crippen LogP contribution in [0.15, 0.2) is 30.3 Å². The fraction of sp³-hybridized carbons (Fsp3) is 0.333. The Hall–Kier alpha value is -0.860. The van der Waals surface area contributed by atoms with E-state index in [1.54, 1.807) is 0 Å². The van der Waals surface area contributed by atoms with Crippen LogP contribution in [0.4, 0.5) is 5.69 Å². The molecule has 1 aromatic rings. The van der Waals surface area contributed by atoms with Crippen LogP contribution in [0.25, 0.3) is 0 Å². The lowest BCUT2D eigenvalue weighted by Crippen LogP contribution is -2.21. The summed E-state index contributed by atoms with van der Waals surface area (Å²) in [4.78, 5) is 0.